The summed E-state index contributed by atoms with van der Waals surface area (Å²) < 4.78 is 39.9. The van der Waals surface area contributed by atoms with E-state index in [0.717, 1.165) is 36.2 Å². The first-order valence-corrected chi connectivity index (χ1v) is 9.85. The quantitative estimate of drug-likeness (QED) is 0.353. The molecule has 2 heterocycles. The maximum Gasteiger partial charge on any atom is 0.434 e. The number of nitrogens with zero attached hydrogens (tertiary/aromatic N) is 3. The van der Waals surface area contributed by atoms with Crippen LogP contribution in [0.3, 0.4) is 0 Å². The lowest BCUT2D eigenvalue weighted by atomic mass is 10.2. The lowest BCUT2D eigenvalue weighted by Crippen LogP contribution is -2.39. The first-order valence-electron chi connectivity index (χ1n) is 8.97. The molecule has 0 aliphatic heterocycles. The summed E-state index contributed by atoms with van der Waals surface area (Å²) >= 11 is 1.02. The maximum atomic E-state index is 12.6. The SMILES string of the molecule is CN=C(NCCCn1ccc2ccccc21)NCCc1nc(C(F)(F)F)cs1. The zero-order chi connectivity index (χ0) is 20.0. The van der Waals surface area contributed by atoms with Crippen molar-refractivity contribution in [1.82, 2.24) is 20.2 Å². The molecule has 0 fully saturated rings. The molecule has 0 radical (unpaired) electrons. The molecule has 0 aliphatic rings. The van der Waals surface area contributed by atoms with Gasteiger partial charge in [-0.3, -0.25) is 4.99 Å². The van der Waals surface area contributed by atoms with Crippen molar-refractivity contribution in [3.8, 4) is 0 Å². The Kier molecular flexibility index (Phi) is 6.56. The topological polar surface area (TPSA) is 54.2 Å². The highest BCUT2D eigenvalue weighted by Gasteiger charge is 2.33. The standard InChI is InChI=1S/C19H22F3N5S/c1-23-18(25-10-7-17-26-16(13-28-17)19(20,21)22)24-9-4-11-27-12-8-14-5-2-3-6-15(14)27/h2-3,5-6,8,12-13H,4,7,9-11H2,1H3,(H2,23,24,25). The van der Waals surface area contributed by atoms with E-state index in [1.54, 1.807) is 7.05 Å². The van der Waals surface area contributed by atoms with Gasteiger partial charge in [-0.25, -0.2) is 4.98 Å². The Balaban J connectivity index is 1.38. The average molecular weight is 409 g/mol. The monoisotopic (exact) mass is 409 g/mol. The minimum Gasteiger partial charge on any atom is -0.356 e. The zero-order valence-electron chi connectivity index (χ0n) is 15.5. The Labute approximate surface area is 165 Å². The fourth-order valence-corrected chi connectivity index (χ4v) is 3.66. The third-order valence-corrected chi connectivity index (χ3v) is 5.15. The lowest BCUT2D eigenvalue weighted by Gasteiger charge is -2.12. The third-order valence-electron chi connectivity index (χ3n) is 4.25. The number of rotatable bonds is 7. The highest BCUT2D eigenvalue weighted by Crippen LogP contribution is 2.30. The second-order valence-electron chi connectivity index (χ2n) is 6.22. The average Bonchev–Trinajstić information content (AvgIpc) is 3.31. The molecule has 0 saturated carbocycles. The van der Waals surface area contributed by atoms with Crippen molar-refractivity contribution in [3.63, 3.8) is 0 Å². The van der Waals surface area contributed by atoms with Gasteiger partial charge in [-0.1, -0.05) is 18.2 Å². The van der Waals surface area contributed by atoms with Crippen molar-refractivity contribution in [2.45, 2.75) is 25.6 Å². The molecule has 0 spiro atoms. The summed E-state index contributed by atoms with van der Waals surface area (Å²) in [5.74, 6) is 0.630. The number of aromatic nitrogens is 2. The second-order valence-corrected chi connectivity index (χ2v) is 7.16. The molecule has 2 N–H and O–H groups in total. The van der Waals surface area contributed by atoms with Crippen molar-refractivity contribution in [1.29, 1.82) is 0 Å². The molecule has 150 valence electrons. The highest BCUT2D eigenvalue weighted by molar-refractivity contribution is 7.09. The molecule has 1 aromatic carbocycles. The Hall–Kier alpha value is -2.55. The van der Waals surface area contributed by atoms with E-state index in [-0.39, 0.29) is 0 Å². The predicted molar refractivity (Wildman–Crippen MR) is 107 cm³/mol. The molecular weight excluding hydrogens is 387 g/mol. The molecule has 0 aliphatic carbocycles. The van der Waals surface area contributed by atoms with Crippen LogP contribution < -0.4 is 10.6 Å². The summed E-state index contributed by atoms with van der Waals surface area (Å²) in [7, 11) is 1.67. The number of hydrogen-bond donors (Lipinski definition) is 2. The fourth-order valence-electron chi connectivity index (χ4n) is 2.86. The number of guanidine groups is 1. The van der Waals surface area contributed by atoms with E-state index in [2.05, 4.69) is 49.6 Å². The number of hydrogen-bond acceptors (Lipinski definition) is 3. The van der Waals surface area contributed by atoms with Crippen LogP contribution in [-0.2, 0) is 19.1 Å². The van der Waals surface area contributed by atoms with Gasteiger partial charge in [-0.2, -0.15) is 13.2 Å². The summed E-state index contributed by atoms with van der Waals surface area (Å²) in [6.07, 6.45) is -0.969. The van der Waals surface area contributed by atoms with Crippen LogP contribution in [0, 0.1) is 0 Å². The molecule has 0 saturated heterocycles. The number of nitrogens with one attached hydrogen (secondary N) is 2. The van der Waals surface area contributed by atoms with Gasteiger partial charge in [-0.05, 0) is 23.9 Å². The molecule has 5 nitrogen and oxygen atoms in total. The number of halogens is 3. The fraction of sp³-hybridized carbons (Fsp3) is 0.368. The number of fused-ring (bicyclic) bond motifs is 1. The van der Waals surface area contributed by atoms with Gasteiger partial charge in [0.25, 0.3) is 0 Å². The van der Waals surface area contributed by atoms with Gasteiger partial charge in [-0.15, -0.1) is 11.3 Å². The van der Waals surface area contributed by atoms with Gasteiger partial charge in [0.05, 0.1) is 5.01 Å². The number of alkyl halides is 3. The van der Waals surface area contributed by atoms with Gasteiger partial charge in [0, 0.05) is 50.2 Å². The molecule has 9 heteroatoms. The van der Waals surface area contributed by atoms with Crippen LogP contribution in [0.25, 0.3) is 10.9 Å². The molecule has 0 bridgehead atoms. The van der Waals surface area contributed by atoms with Crippen LogP contribution in [0.15, 0.2) is 46.9 Å². The minimum absolute atomic E-state index is 0.413. The normalized spacial score (nSPS) is 12.5. The number of aliphatic imine (C=N–C) groups is 1. The van der Waals surface area contributed by atoms with E-state index >= 15 is 0 Å². The first-order chi connectivity index (χ1) is 13.5. The Morgan fingerprint density at radius 3 is 2.71 bits per heavy atom. The van der Waals surface area contributed by atoms with E-state index in [1.165, 1.54) is 10.9 Å². The highest BCUT2D eigenvalue weighted by atomic mass is 32.1. The molecule has 0 unspecified atom stereocenters. The van der Waals surface area contributed by atoms with E-state index in [1.807, 2.05) is 12.1 Å². The Morgan fingerprint density at radius 1 is 1.18 bits per heavy atom. The van der Waals surface area contributed by atoms with Gasteiger partial charge in [0.15, 0.2) is 11.7 Å². The van der Waals surface area contributed by atoms with Crippen LogP contribution in [0.2, 0.25) is 0 Å². The lowest BCUT2D eigenvalue weighted by molar-refractivity contribution is -0.140. The summed E-state index contributed by atoms with van der Waals surface area (Å²) in [6, 6.07) is 10.4. The molecule has 3 aromatic rings. The molecule has 28 heavy (non-hydrogen) atoms. The summed E-state index contributed by atoms with van der Waals surface area (Å²) in [5.41, 5.74) is 0.388. The van der Waals surface area contributed by atoms with Gasteiger partial charge in [0.2, 0.25) is 0 Å². The summed E-state index contributed by atoms with van der Waals surface area (Å²) in [6.45, 7) is 2.09. The van der Waals surface area contributed by atoms with Gasteiger partial charge >= 0.3 is 6.18 Å². The number of thiazole rings is 1. The van der Waals surface area contributed by atoms with Crippen LogP contribution in [0.1, 0.15) is 17.1 Å². The minimum atomic E-state index is -4.38. The van der Waals surface area contributed by atoms with Crippen LogP contribution >= 0.6 is 11.3 Å². The Bertz CT molecular complexity index is 929. The van der Waals surface area contributed by atoms with Crippen molar-refractivity contribution in [3.05, 3.63) is 52.6 Å². The van der Waals surface area contributed by atoms with Gasteiger partial charge < -0.3 is 15.2 Å². The first kappa shape index (κ1) is 20.2. The second kappa shape index (κ2) is 9.09. The number of para-hydroxylation sites is 1. The van der Waals surface area contributed by atoms with Crippen molar-refractivity contribution < 1.29 is 13.2 Å². The largest absolute Gasteiger partial charge is 0.434 e. The predicted octanol–water partition coefficient (Wildman–Crippen LogP) is 3.91. The van der Waals surface area contributed by atoms with Crippen LogP contribution in [0.4, 0.5) is 13.2 Å². The summed E-state index contributed by atoms with van der Waals surface area (Å²) in [5, 5.41) is 9.06. The van der Waals surface area contributed by atoms with Crippen LogP contribution in [-0.4, -0.2) is 35.6 Å². The smallest absolute Gasteiger partial charge is 0.356 e. The van der Waals surface area contributed by atoms with E-state index < -0.39 is 11.9 Å². The number of benzene rings is 1. The van der Waals surface area contributed by atoms with E-state index in [4.69, 9.17) is 0 Å². The Morgan fingerprint density at radius 2 is 1.96 bits per heavy atom. The molecular formula is C19H22F3N5S. The van der Waals surface area contributed by atoms with Gasteiger partial charge in [0.1, 0.15) is 0 Å². The van der Waals surface area contributed by atoms with Crippen molar-refractivity contribution in [2.75, 3.05) is 20.1 Å². The molecule has 2 aromatic heterocycles. The van der Waals surface area contributed by atoms with Crippen molar-refractivity contribution in [2.24, 2.45) is 4.99 Å². The maximum absolute atomic E-state index is 12.6. The molecule has 0 atom stereocenters. The number of aryl methyl sites for hydroxylation is 1. The third kappa shape index (κ3) is 5.25. The van der Waals surface area contributed by atoms with E-state index in [9.17, 15) is 13.2 Å². The van der Waals surface area contributed by atoms with E-state index in [0.29, 0.717) is 23.9 Å². The molecule has 0 amide bonds. The molecule has 3 rings (SSSR count). The van der Waals surface area contributed by atoms with Crippen molar-refractivity contribution >= 4 is 28.2 Å². The van der Waals surface area contributed by atoms with Crippen LogP contribution in [0.5, 0.6) is 0 Å². The summed E-state index contributed by atoms with van der Waals surface area (Å²) in [4.78, 5) is 7.76. The zero-order valence-corrected chi connectivity index (χ0v) is 16.3.